The Morgan fingerprint density at radius 3 is 2.50 bits per heavy atom. The third-order valence-corrected chi connectivity index (χ3v) is 4.27. The van der Waals surface area contributed by atoms with E-state index in [1.54, 1.807) is 6.92 Å². The van der Waals surface area contributed by atoms with Crippen LogP contribution in [0.1, 0.15) is 15.9 Å². The van der Waals surface area contributed by atoms with Gasteiger partial charge in [0.2, 0.25) is 0 Å². The van der Waals surface area contributed by atoms with Crippen molar-refractivity contribution in [3.8, 4) is 5.75 Å². The third-order valence-electron chi connectivity index (χ3n) is 2.88. The molecule has 2 aromatic carbocycles. The zero-order valence-corrected chi connectivity index (χ0v) is 12.7. The lowest BCUT2D eigenvalue weighted by Gasteiger charge is -2.10. The predicted octanol–water partition coefficient (Wildman–Crippen LogP) is 2.69. The lowest BCUT2D eigenvalue weighted by Crippen LogP contribution is -2.13. The summed E-state index contributed by atoms with van der Waals surface area (Å²) in [5.41, 5.74) is 0.471. The Balaban J connectivity index is 2.42. The van der Waals surface area contributed by atoms with Gasteiger partial charge in [0.1, 0.15) is 16.5 Å². The maximum absolute atomic E-state index is 13.1. The minimum absolute atomic E-state index is 0.0783. The van der Waals surface area contributed by atoms with Gasteiger partial charge in [-0.2, -0.15) is 8.42 Å². The molecular weight excluding hydrogens is 311 g/mol. The van der Waals surface area contributed by atoms with Gasteiger partial charge in [-0.05, 0) is 36.8 Å². The molecule has 0 heterocycles. The average Bonchev–Trinajstić information content (AvgIpc) is 2.46. The number of methoxy groups -OCH3 is 1. The van der Waals surface area contributed by atoms with Gasteiger partial charge in [0.05, 0.1) is 12.7 Å². The molecule has 0 unspecified atom stereocenters. The summed E-state index contributed by atoms with van der Waals surface area (Å²) in [4.78, 5) is 11.3. The largest absolute Gasteiger partial charge is 0.465 e. The second-order valence-electron chi connectivity index (χ2n) is 4.47. The van der Waals surface area contributed by atoms with Crippen LogP contribution in [0, 0.1) is 12.7 Å². The van der Waals surface area contributed by atoms with Crippen molar-refractivity contribution in [1.82, 2.24) is 0 Å². The van der Waals surface area contributed by atoms with E-state index in [0.29, 0.717) is 5.56 Å². The number of carbonyl (C=O) groups is 1. The predicted molar refractivity (Wildman–Crippen MR) is 76.7 cm³/mol. The minimum Gasteiger partial charge on any atom is -0.465 e. The molecule has 2 aromatic rings. The number of rotatable bonds is 4. The van der Waals surface area contributed by atoms with Crippen LogP contribution in [0.4, 0.5) is 4.39 Å². The van der Waals surface area contributed by atoms with Crippen molar-refractivity contribution in [2.24, 2.45) is 0 Å². The Morgan fingerprint density at radius 2 is 1.86 bits per heavy atom. The lowest BCUT2D eigenvalue weighted by atomic mass is 10.1. The molecule has 0 saturated heterocycles. The first-order chi connectivity index (χ1) is 10.3. The van der Waals surface area contributed by atoms with Crippen LogP contribution in [-0.2, 0) is 14.9 Å². The maximum Gasteiger partial charge on any atom is 0.339 e. The summed E-state index contributed by atoms with van der Waals surface area (Å²) in [6.45, 7) is 1.56. The summed E-state index contributed by atoms with van der Waals surface area (Å²) in [5.74, 6) is -1.43. The molecule has 0 atom stereocenters. The van der Waals surface area contributed by atoms with Gasteiger partial charge < -0.3 is 8.92 Å². The molecule has 0 spiro atoms. The number of carbonyl (C=O) groups excluding carboxylic acids is 1. The van der Waals surface area contributed by atoms with Crippen LogP contribution >= 0.6 is 0 Å². The van der Waals surface area contributed by atoms with E-state index in [0.717, 1.165) is 12.1 Å². The first-order valence-corrected chi connectivity index (χ1v) is 7.63. The molecule has 7 heteroatoms. The first-order valence-electron chi connectivity index (χ1n) is 6.22. The maximum atomic E-state index is 13.1. The highest BCUT2D eigenvalue weighted by Gasteiger charge is 2.21. The topological polar surface area (TPSA) is 69.7 Å². The zero-order valence-electron chi connectivity index (χ0n) is 11.9. The van der Waals surface area contributed by atoms with Crippen molar-refractivity contribution in [1.29, 1.82) is 0 Å². The molecule has 0 N–H and O–H groups in total. The summed E-state index contributed by atoms with van der Waals surface area (Å²) in [6.07, 6.45) is 0. The molecule has 0 amide bonds. The summed E-state index contributed by atoms with van der Waals surface area (Å²) >= 11 is 0. The summed E-state index contributed by atoms with van der Waals surface area (Å²) < 4.78 is 47.2. The van der Waals surface area contributed by atoms with Crippen LogP contribution in [0.5, 0.6) is 5.75 Å². The van der Waals surface area contributed by atoms with E-state index in [2.05, 4.69) is 4.74 Å². The molecule has 0 aliphatic carbocycles. The molecule has 5 nitrogen and oxygen atoms in total. The quantitative estimate of drug-likeness (QED) is 0.639. The van der Waals surface area contributed by atoms with Gasteiger partial charge in [0.25, 0.3) is 0 Å². The Labute approximate surface area is 127 Å². The molecule has 0 radical (unpaired) electrons. The number of aryl methyl sites for hydroxylation is 1. The zero-order chi connectivity index (χ0) is 16.3. The number of hydrogen-bond acceptors (Lipinski definition) is 5. The van der Waals surface area contributed by atoms with Crippen molar-refractivity contribution < 1.29 is 26.5 Å². The van der Waals surface area contributed by atoms with Gasteiger partial charge >= 0.3 is 16.1 Å². The molecule has 2 rings (SSSR count). The highest BCUT2D eigenvalue weighted by atomic mass is 32.2. The van der Waals surface area contributed by atoms with Gasteiger partial charge in [-0.1, -0.05) is 12.1 Å². The van der Waals surface area contributed by atoms with Crippen LogP contribution in [0.15, 0.2) is 47.4 Å². The van der Waals surface area contributed by atoms with Gasteiger partial charge in [-0.25, -0.2) is 9.18 Å². The Hall–Kier alpha value is -2.41. The van der Waals surface area contributed by atoms with Crippen molar-refractivity contribution >= 4 is 16.1 Å². The van der Waals surface area contributed by atoms with E-state index in [1.165, 1.54) is 37.4 Å². The average molecular weight is 324 g/mol. The Bertz CT molecular complexity index is 814. The van der Waals surface area contributed by atoms with Crippen LogP contribution < -0.4 is 4.18 Å². The second-order valence-corrected chi connectivity index (χ2v) is 5.98. The fraction of sp³-hybridized carbons (Fsp3) is 0.133. The number of benzene rings is 2. The number of esters is 1. The van der Waals surface area contributed by atoms with E-state index < -0.39 is 21.9 Å². The second kappa shape index (κ2) is 6.15. The summed E-state index contributed by atoms with van der Waals surface area (Å²) in [6, 6.07) is 8.85. The highest BCUT2D eigenvalue weighted by Crippen LogP contribution is 2.23. The molecule has 0 aliphatic heterocycles. The van der Waals surface area contributed by atoms with Crippen LogP contribution in [0.2, 0.25) is 0 Å². The first kappa shape index (κ1) is 16.0. The van der Waals surface area contributed by atoms with Gasteiger partial charge in [0.15, 0.2) is 0 Å². The van der Waals surface area contributed by atoms with Crippen molar-refractivity contribution in [3.63, 3.8) is 0 Å². The molecule has 0 bridgehead atoms. The van der Waals surface area contributed by atoms with Crippen molar-refractivity contribution in [3.05, 3.63) is 59.4 Å². The fourth-order valence-electron chi connectivity index (χ4n) is 1.80. The van der Waals surface area contributed by atoms with Gasteiger partial charge in [-0.3, -0.25) is 0 Å². The van der Waals surface area contributed by atoms with Crippen LogP contribution in [0.3, 0.4) is 0 Å². The monoisotopic (exact) mass is 324 g/mol. The molecule has 0 fully saturated rings. The van der Waals surface area contributed by atoms with Crippen LogP contribution in [-0.4, -0.2) is 21.5 Å². The fourth-order valence-corrected chi connectivity index (χ4v) is 2.99. The summed E-state index contributed by atoms with van der Waals surface area (Å²) in [5, 5.41) is 0. The third kappa shape index (κ3) is 3.43. The minimum atomic E-state index is -4.20. The molecule has 0 aliphatic rings. The molecule has 116 valence electrons. The summed E-state index contributed by atoms with van der Waals surface area (Å²) in [7, 11) is -3.01. The highest BCUT2D eigenvalue weighted by molar-refractivity contribution is 7.87. The molecule has 0 aromatic heterocycles. The molecule has 0 saturated carbocycles. The van der Waals surface area contributed by atoms with E-state index in [9.17, 15) is 17.6 Å². The van der Waals surface area contributed by atoms with E-state index in [4.69, 9.17) is 4.18 Å². The lowest BCUT2D eigenvalue weighted by molar-refractivity contribution is 0.0600. The van der Waals surface area contributed by atoms with E-state index >= 15 is 0 Å². The molecule has 22 heavy (non-hydrogen) atoms. The Kier molecular flexibility index (Phi) is 4.46. The smallest absolute Gasteiger partial charge is 0.339 e. The van der Waals surface area contributed by atoms with E-state index in [-0.39, 0.29) is 16.2 Å². The SMILES string of the molecule is COC(=O)c1ccc(C)c(S(=O)(=O)Oc2cccc(F)c2)c1. The van der Waals surface area contributed by atoms with E-state index in [1.807, 2.05) is 0 Å². The van der Waals surface area contributed by atoms with Crippen molar-refractivity contribution in [2.75, 3.05) is 7.11 Å². The molecular formula is C15H13FO5S. The number of halogens is 1. The number of ether oxygens (including phenoxy) is 1. The standard InChI is InChI=1S/C15H13FO5S/c1-10-6-7-11(15(17)20-2)8-14(10)22(18,19)21-13-5-3-4-12(16)9-13/h3-9H,1-2H3. The number of hydrogen-bond donors (Lipinski definition) is 0. The van der Waals surface area contributed by atoms with Crippen molar-refractivity contribution in [2.45, 2.75) is 11.8 Å². The van der Waals surface area contributed by atoms with Crippen LogP contribution in [0.25, 0.3) is 0 Å². The van der Waals surface area contributed by atoms with Gasteiger partial charge in [-0.15, -0.1) is 0 Å². The van der Waals surface area contributed by atoms with Gasteiger partial charge in [0, 0.05) is 6.07 Å². The Morgan fingerprint density at radius 1 is 1.14 bits per heavy atom. The normalized spacial score (nSPS) is 11.0.